The van der Waals surface area contributed by atoms with Crippen molar-refractivity contribution >= 4 is 0 Å². The lowest BCUT2D eigenvalue weighted by Crippen LogP contribution is -2.63. The Balaban J connectivity index is 1.79. The van der Waals surface area contributed by atoms with E-state index in [1.807, 2.05) is 0 Å². The molecule has 3 aliphatic heterocycles. The average Bonchev–Trinajstić information content (AvgIpc) is 2.49. The van der Waals surface area contributed by atoms with Crippen molar-refractivity contribution in [3.05, 3.63) is 35.4 Å². The first-order chi connectivity index (χ1) is 10.2. The van der Waals surface area contributed by atoms with Gasteiger partial charge < -0.3 is 5.32 Å². The van der Waals surface area contributed by atoms with Crippen molar-refractivity contribution in [2.24, 2.45) is 5.92 Å². The summed E-state index contributed by atoms with van der Waals surface area (Å²) >= 11 is 0. The summed E-state index contributed by atoms with van der Waals surface area (Å²) in [7, 11) is 2.11. The van der Waals surface area contributed by atoms with Crippen LogP contribution in [0, 0.1) is 5.92 Å². The maximum atomic E-state index is 3.59. The fourth-order valence-electron chi connectivity index (χ4n) is 3.94. The van der Waals surface area contributed by atoms with E-state index >= 15 is 0 Å². The van der Waals surface area contributed by atoms with Crippen molar-refractivity contribution in [1.29, 1.82) is 0 Å². The molecule has 0 spiro atoms. The first-order valence-electron chi connectivity index (χ1n) is 8.40. The van der Waals surface area contributed by atoms with Crippen LogP contribution in [0.15, 0.2) is 24.3 Å². The van der Waals surface area contributed by atoms with Gasteiger partial charge in [0.1, 0.15) is 0 Å². The highest BCUT2D eigenvalue weighted by Gasteiger charge is 2.36. The molecule has 0 amide bonds. The van der Waals surface area contributed by atoms with Crippen molar-refractivity contribution in [3.8, 4) is 0 Å². The Kier molecular flexibility index (Phi) is 4.63. The zero-order chi connectivity index (χ0) is 14.8. The van der Waals surface area contributed by atoms with Gasteiger partial charge in [-0.15, -0.1) is 0 Å². The quantitative estimate of drug-likeness (QED) is 0.895. The first kappa shape index (κ1) is 15.0. The highest BCUT2D eigenvalue weighted by molar-refractivity contribution is 5.28. The van der Waals surface area contributed by atoms with E-state index in [0.29, 0.717) is 18.0 Å². The Labute approximate surface area is 129 Å². The van der Waals surface area contributed by atoms with Crippen molar-refractivity contribution in [2.75, 3.05) is 39.8 Å². The molecule has 1 aromatic carbocycles. The molecular weight excluding hydrogens is 258 g/mol. The summed E-state index contributed by atoms with van der Waals surface area (Å²) in [6, 6.07) is 10.3. The zero-order valence-electron chi connectivity index (χ0n) is 13.7. The van der Waals surface area contributed by atoms with Crippen LogP contribution in [0.4, 0.5) is 0 Å². The van der Waals surface area contributed by atoms with Gasteiger partial charge in [0.25, 0.3) is 0 Å². The summed E-state index contributed by atoms with van der Waals surface area (Å²) in [5, 5.41) is 3.59. The SMILES string of the molecule is CNC(c1cccc(CC(C)C)c1)C1CN2CCN1CC2. The van der Waals surface area contributed by atoms with Crippen LogP contribution in [-0.2, 0) is 6.42 Å². The van der Waals surface area contributed by atoms with Crippen molar-refractivity contribution < 1.29 is 0 Å². The second-order valence-corrected chi connectivity index (χ2v) is 7.01. The number of likely N-dealkylation sites (N-methyl/N-ethyl adjacent to an activating group) is 1. The third kappa shape index (κ3) is 3.31. The number of hydrogen-bond donors (Lipinski definition) is 1. The third-order valence-corrected chi connectivity index (χ3v) is 4.97. The highest BCUT2D eigenvalue weighted by atomic mass is 15.4. The van der Waals surface area contributed by atoms with E-state index in [4.69, 9.17) is 0 Å². The lowest BCUT2D eigenvalue weighted by atomic mass is 9.91. The fraction of sp³-hybridized carbons (Fsp3) is 0.667. The van der Waals surface area contributed by atoms with Crippen LogP contribution in [-0.4, -0.2) is 55.6 Å². The van der Waals surface area contributed by atoms with Crippen LogP contribution in [0.2, 0.25) is 0 Å². The molecule has 116 valence electrons. The molecule has 2 unspecified atom stereocenters. The molecule has 0 aromatic heterocycles. The van der Waals surface area contributed by atoms with E-state index in [2.05, 4.69) is 60.3 Å². The minimum Gasteiger partial charge on any atom is -0.312 e. The molecule has 2 atom stereocenters. The van der Waals surface area contributed by atoms with Crippen LogP contribution < -0.4 is 5.32 Å². The summed E-state index contributed by atoms with van der Waals surface area (Å²) in [5.74, 6) is 0.717. The largest absolute Gasteiger partial charge is 0.312 e. The summed E-state index contributed by atoms with van der Waals surface area (Å²) in [4.78, 5) is 5.29. The monoisotopic (exact) mass is 287 g/mol. The van der Waals surface area contributed by atoms with Crippen LogP contribution in [0.1, 0.15) is 31.0 Å². The van der Waals surface area contributed by atoms with Gasteiger partial charge >= 0.3 is 0 Å². The third-order valence-electron chi connectivity index (χ3n) is 4.97. The maximum Gasteiger partial charge on any atom is 0.0488 e. The summed E-state index contributed by atoms with van der Waals surface area (Å²) in [6.07, 6.45) is 1.17. The Morgan fingerprint density at radius 3 is 2.52 bits per heavy atom. The number of piperazine rings is 3. The van der Waals surface area contributed by atoms with Crippen LogP contribution in [0.3, 0.4) is 0 Å². The number of benzene rings is 1. The molecule has 0 saturated carbocycles. The molecule has 1 aromatic rings. The molecule has 1 N–H and O–H groups in total. The van der Waals surface area contributed by atoms with Gasteiger partial charge in [0.2, 0.25) is 0 Å². The van der Waals surface area contributed by atoms with Gasteiger partial charge in [-0.05, 0) is 30.5 Å². The molecule has 3 heterocycles. The minimum atomic E-state index is 0.445. The standard InChI is InChI=1S/C18H29N3/c1-14(2)11-15-5-4-6-16(12-15)18(19-3)17-13-20-7-9-21(17)10-8-20/h4-6,12,14,17-19H,7-11,13H2,1-3H3. The van der Waals surface area contributed by atoms with Crippen molar-refractivity contribution in [1.82, 2.24) is 15.1 Å². The molecule has 3 fully saturated rings. The maximum absolute atomic E-state index is 3.59. The topological polar surface area (TPSA) is 18.5 Å². The first-order valence-corrected chi connectivity index (χ1v) is 8.40. The van der Waals surface area contributed by atoms with Crippen molar-refractivity contribution in [2.45, 2.75) is 32.4 Å². The summed E-state index contributed by atoms with van der Waals surface area (Å²) < 4.78 is 0. The van der Waals surface area contributed by atoms with E-state index in [-0.39, 0.29) is 0 Å². The smallest absolute Gasteiger partial charge is 0.0488 e. The van der Waals surface area contributed by atoms with Crippen LogP contribution in [0.5, 0.6) is 0 Å². The van der Waals surface area contributed by atoms with E-state index in [1.165, 1.54) is 50.3 Å². The second kappa shape index (κ2) is 6.47. The van der Waals surface area contributed by atoms with Gasteiger partial charge in [0, 0.05) is 44.8 Å². The molecule has 0 radical (unpaired) electrons. The lowest BCUT2D eigenvalue weighted by Gasteiger charge is -2.50. The van der Waals surface area contributed by atoms with Crippen LogP contribution >= 0.6 is 0 Å². The zero-order valence-corrected chi connectivity index (χ0v) is 13.7. The van der Waals surface area contributed by atoms with E-state index < -0.39 is 0 Å². The van der Waals surface area contributed by atoms with Gasteiger partial charge in [0.05, 0.1) is 0 Å². The number of rotatable bonds is 5. The van der Waals surface area contributed by atoms with E-state index in [0.717, 1.165) is 0 Å². The molecule has 4 rings (SSSR count). The molecule has 2 bridgehead atoms. The Bertz CT molecular complexity index is 463. The molecule has 3 aliphatic rings. The number of hydrogen-bond acceptors (Lipinski definition) is 3. The Morgan fingerprint density at radius 2 is 1.95 bits per heavy atom. The number of fused-ring (bicyclic) bond motifs is 3. The lowest BCUT2D eigenvalue weighted by molar-refractivity contribution is -0.00255. The Hall–Kier alpha value is -0.900. The molecular formula is C18H29N3. The predicted molar refractivity (Wildman–Crippen MR) is 88.6 cm³/mol. The van der Waals surface area contributed by atoms with Crippen LogP contribution in [0.25, 0.3) is 0 Å². The molecule has 0 aliphatic carbocycles. The Morgan fingerprint density at radius 1 is 1.19 bits per heavy atom. The summed E-state index contributed by atoms with van der Waals surface area (Å²) in [6.45, 7) is 10.8. The number of nitrogens with one attached hydrogen (secondary N) is 1. The summed E-state index contributed by atoms with van der Waals surface area (Å²) in [5.41, 5.74) is 2.92. The molecule has 3 nitrogen and oxygen atoms in total. The van der Waals surface area contributed by atoms with Gasteiger partial charge in [-0.3, -0.25) is 9.80 Å². The van der Waals surface area contributed by atoms with Crippen molar-refractivity contribution in [3.63, 3.8) is 0 Å². The number of nitrogens with zero attached hydrogens (tertiary/aromatic N) is 2. The normalized spacial score (nSPS) is 29.8. The van der Waals surface area contributed by atoms with Gasteiger partial charge in [-0.1, -0.05) is 38.1 Å². The molecule has 21 heavy (non-hydrogen) atoms. The van der Waals surface area contributed by atoms with Gasteiger partial charge in [-0.2, -0.15) is 0 Å². The minimum absolute atomic E-state index is 0.445. The predicted octanol–water partition coefficient (Wildman–Crippen LogP) is 2.15. The van der Waals surface area contributed by atoms with E-state index in [1.54, 1.807) is 0 Å². The van der Waals surface area contributed by atoms with E-state index in [9.17, 15) is 0 Å². The fourth-order valence-corrected chi connectivity index (χ4v) is 3.94. The van der Waals surface area contributed by atoms with Gasteiger partial charge in [0.15, 0.2) is 0 Å². The van der Waals surface area contributed by atoms with Gasteiger partial charge in [-0.25, -0.2) is 0 Å². The molecule has 3 saturated heterocycles. The molecule has 3 heteroatoms. The highest BCUT2D eigenvalue weighted by Crippen LogP contribution is 2.28. The average molecular weight is 287 g/mol. The second-order valence-electron chi connectivity index (χ2n) is 7.01.